The molecule has 4 heterocycles. The second-order valence-corrected chi connectivity index (χ2v) is 11.0. The number of nitrogens with zero attached hydrogens (tertiary/aromatic N) is 5. The highest BCUT2D eigenvalue weighted by molar-refractivity contribution is 6.30. The molecule has 5 rings (SSSR count). The van der Waals surface area contributed by atoms with Gasteiger partial charge in [-0.2, -0.15) is 5.26 Å². The van der Waals surface area contributed by atoms with Crippen LogP contribution in [-0.2, 0) is 14.3 Å². The summed E-state index contributed by atoms with van der Waals surface area (Å²) >= 11 is 6.14. The highest BCUT2D eigenvalue weighted by Gasteiger charge is 2.42. The van der Waals surface area contributed by atoms with Gasteiger partial charge in [-0.05, 0) is 55.5 Å². The maximum absolute atomic E-state index is 13.7. The van der Waals surface area contributed by atoms with Gasteiger partial charge in [-0.15, -0.1) is 0 Å². The maximum atomic E-state index is 13.7. The molecule has 1 aromatic heterocycles. The molecule has 10 heteroatoms. The summed E-state index contributed by atoms with van der Waals surface area (Å²) < 4.78 is 11.2. The van der Waals surface area contributed by atoms with Crippen LogP contribution in [0.1, 0.15) is 42.7 Å². The van der Waals surface area contributed by atoms with Crippen molar-refractivity contribution in [2.24, 2.45) is 5.92 Å². The Labute approximate surface area is 234 Å². The number of piperidine rings is 1. The van der Waals surface area contributed by atoms with E-state index >= 15 is 0 Å². The topological polar surface area (TPSA) is 99.0 Å². The zero-order valence-electron chi connectivity index (χ0n) is 22.2. The van der Waals surface area contributed by atoms with Crippen molar-refractivity contribution in [3.63, 3.8) is 0 Å². The molecule has 3 aliphatic rings. The van der Waals surface area contributed by atoms with Crippen LogP contribution in [0.25, 0.3) is 0 Å². The summed E-state index contributed by atoms with van der Waals surface area (Å²) in [6.07, 6.45) is 4.48. The molecule has 0 N–H and O–H groups in total. The van der Waals surface area contributed by atoms with Crippen LogP contribution < -0.4 is 4.90 Å². The molecule has 2 amide bonds. The van der Waals surface area contributed by atoms with E-state index in [-0.39, 0.29) is 36.5 Å². The molecule has 3 unspecified atom stereocenters. The first-order valence-electron chi connectivity index (χ1n) is 13.6. The number of hydrogen-bond donors (Lipinski definition) is 0. The van der Waals surface area contributed by atoms with E-state index in [4.69, 9.17) is 26.3 Å². The maximum Gasteiger partial charge on any atom is 0.409 e. The van der Waals surface area contributed by atoms with Crippen LogP contribution in [0.15, 0.2) is 42.6 Å². The predicted octanol–water partition coefficient (Wildman–Crippen LogP) is 4.07. The molecule has 1 aromatic carbocycles. The van der Waals surface area contributed by atoms with E-state index in [1.54, 1.807) is 24.2 Å². The van der Waals surface area contributed by atoms with Crippen LogP contribution in [0.4, 0.5) is 10.6 Å². The summed E-state index contributed by atoms with van der Waals surface area (Å²) in [6.45, 7) is 3.39. The highest BCUT2D eigenvalue weighted by Crippen LogP contribution is 2.34. The summed E-state index contributed by atoms with van der Waals surface area (Å²) in [7, 11) is 1.75. The predicted molar refractivity (Wildman–Crippen MR) is 147 cm³/mol. The Morgan fingerprint density at radius 1 is 1.15 bits per heavy atom. The number of hydrogen-bond acceptors (Lipinski definition) is 7. The lowest BCUT2D eigenvalue weighted by Crippen LogP contribution is -2.45. The minimum atomic E-state index is -0.396. The first kappa shape index (κ1) is 27.2. The van der Waals surface area contributed by atoms with Crippen molar-refractivity contribution in [3.05, 3.63) is 58.7 Å². The van der Waals surface area contributed by atoms with Gasteiger partial charge < -0.3 is 24.2 Å². The van der Waals surface area contributed by atoms with E-state index in [0.29, 0.717) is 30.3 Å². The molecule has 39 heavy (non-hydrogen) atoms. The fraction of sp³-hybridized carbons (Fsp3) is 0.517. The number of anilines is 1. The van der Waals surface area contributed by atoms with E-state index in [2.05, 4.69) is 16.0 Å². The number of ether oxygens (including phenoxy) is 2. The standard InChI is InChI=1S/C29H34ClN5O4/c1-33(29(37)39-19-24-3-2-14-38-24)26-18-35(17-25(26)21-5-7-23(30)8-6-21)28(36)22-10-12-34(13-11-22)27-9-4-20(15-31)16-32-27/h4-9,16,22,24-26H,2-3,10-14,17-19H2,1H3. The molecule has 9 nitrogen and oxygen atoms in total. The summed E-state index contributed by atoms with van der Waals surface area (Å²) in [5, 5.41) is 9.66. The van der Waals surface area contributed by atoms with Gasteiger partial charge in [0, 0.05) is 62.9 Å². The SMILES string of the molecule is CN(C(=O)OCC1CCCO1)C1CN(C(=O)C2CCN(c3ccc(C#N)cn3)CC2)CC1c1ccc(Cl)cc1. The monoisotopic (exact) mass is 551 g/mol. The minimum absolute atomic E-state index is 0.0404. The Kier molecular flexibility index (Phi) is 8.53. The van der Waals surface area contributed by atoms with Gasteiger partial charge in [0.05, 0.1) is 17.7 Å². The number of nitriles is 1. The Hall–Kier alpha value is -3.35. The zero-order chi connectivity index (χ0) is 27.4. The number of amides is 2. The van der Waals surface area contributed by atoms with Crippen molar-refractivity contribution in [3.8, 4) is 6.07 Å². The smallest absolute Gasteiger partial charge is 0.409 e. The summed E-state index contributed by atoms with van der Waals surface area (Å²) in [5.74, 6) is 0.826. The Balaban J connectivity index is 1.23. The van der Waals surface area contributed by atoms with Crippen molar-refractivity contribution < 1.29 is 19.1 Å². The van der Waals surface area contributed by atoms with Gasteiger partial charge in [0.1, 0.15) is 18.5 Å². The van der Waals surface area contributed by atoms with Gasteiger partial charge in [-0.1, -0.05) is 23.7 Å². The molecule has 2 aromatic rings. The average molecular weight is 552 g/mol. The third kappa shape index (κ3) is 6.29. The number of likely N-dealkylation sites (tertiary alicyclic amines) is 1. The van der Waals surface area contributed by atoms with Crippen molar-refractivity contribution in [1.29, 1.82) is 5.26 Å². The first-order chi connectivity index (χ1) is 18.9. The van der Waals surface area contributed by atoms with Crippen molar-refractivity contribution in [2.45, 2.75) is 43.7 Å². The van der Waals surface area contributed by atoms with Crippen LogP contribution in [-0.4, -0.2) is 85.4 Å². The Morgan fingerprint density at radius 2 is 1.92 bits per heavy atom. The van der Waals surface area contributed by atoms with Gasteiger partial charge in [0.25, 0.3) is 0 Å². The van der Waals surface area contributed by atoms with Crippen LogP contribution in [0.2, 0.25) is 5.02 Å². The van der Waals surface area contributed by atoms with E-state index in [1.807, 2.05) is 35.2 Å². The molecular formula is C29H34ClN5O4. The Morgan fingerprint density at radius 3 is 2.56 bits per heavy atom. The third-order valence-corrected chi connectivity index (χ3v) is 8.40. The lowest BCUT2D eigenvalue weighted by Gasteiger charge is -2.34. The molecule has 3 atom stereocenters. The van der Waals surface area contributed by atoms with Crippen LogP contribution in [0, 0.1) is 17.2 Å². The lowest BCUT2D eigenvalue weighted by atomic mass is 9.93. The quantitative estimate of drug-likeness (QED) is 0.533. The second-order valence-electron chi connectivity index (χ2n) is 10.6. The number of halogens is 1. The molecule has 3 fully saturated rings. The molecule has 0 aliphatic carbocycles. The largest absolute Gasteiger partial charge is 0.447 e. The molecule has 0 radical (unpaired) electrons. The van der Waals surface area contributed by atoms with Crippen LogP contribution in [0.3, 0.4) is 0 Å². The van der Waals surface area contributed by atoms with Gasteiger partial charge in [-0.25, -0.2) is 9.78 Å². The van der Waals surface area contributed by atoms with Gasteiger partial charge in [-0.3, -0.25) is 4.79 Å². The number of benzene rings is 1. The minimum Gasteiger partial charge on any atom is -0.447 e. The number of pyridine rings is 1. The molecule has 3 aliphatic heterocycles. The van der Waals surface area contributed by atoms with Crippen molar-refractivity contribution >= 4 is 29.4 Å². The highest BCUT2D eigenvalue weighted by atomic mass is 35.5. The molecular weight excluding hydrogens is 518 g/mol. The number of aromatic nitrogens is 1. The number of rotatable bonds is 6. The number of likely N-dealkylation sites (N-methyl/N-ethyl adjacent to an activating group) is 1. The summed E-state index contributed by atoms with van der Waals surface area (Å²) in [6, 6.07) is 13.1. The normalized spacial score (nSPS) is 23.5. The summed E-state index contributed by atoms with van der Waals surface area (Å²) in [4.78, 5) is 36.8. The van der Waals surface area contributed by atoms with Crippen molar-refractivity contribution in [2.75, 3.05) is 51.3 Å². The summed E-state index contributed by atoms with van der Waals surface area (Å²) in [5.41, 5.74) is 1.57. The van der Waals surface area contributed by atoms with E-state index in [0.717, 1.165) is 50.2 Å². The first-order valence-corrected chi connectivity index (χ1v) is 14.0. The third-order valence-electron chi connectivity index (χ3n) is 8.15. The van der Waals surface area contributed by atoms with Gasteiger partial charge in [0.2, 0.25) is 5.91 Å². The van der Waals surface area contributed by atoms with E-state index in [9.17, 15) is 9.59 Å². The second kappa shape index (κ2) is 12.2. The Bertz CT molecular complexity index is 1190. The number of carbonyl (C=O) groups is 2. The molecule has 3 saturated heterocycles. The van der Waals surface area contributed by atoms with Crippen molar-refractivity contribution in [1.82, 2.24) is 14.8 Å². The van der Waals surface area contributed by atoms with Crippen LogP contribution >= 0.6 is 11.6 Å². The van der Waals surface area contributed by atoms with E-state index < -0.39 is 6.09 Å². The van der Waals surface area contributed by atoms with Gasteiger partial charge in [0.15, 0.2) is 0 Å². The fourth-order valence-electron chi connectivity index (χ4n) is 5.83. The van der Waals surface area contributed by atoms with Crippen LogP contribution in [0.5, 0.6) is 0 Å². The number of carbonyl (C=O) groups excluding carboxylic acids is 2. The average Bonchev–Trinajstić information content (AvgIpc) is 3.66. The zero-order valence-corrected chi connectivity index (χ0v) is 22.9. The molecule has 0 saturated carbocycles. The lowest BCUT2D eigenvalue weighted by molar-refractivity contribution is -0.135. The molecule has 0 bridgehead atoms. The van der Waals surface area contributed by atoms with E-state index in [1.165, 1.54) is 0 Å². The van der Waals surface area contributed by atoms with Gasteiger partial charge >= 0.3 is 6.09 Å². The fourth-order valence-corrected chi connectivity index (χ4v) is 5.95. The molecule has 206 valence electrons. The molecule has 0 spiro atoms.